The SMILES string of the molecule is CCn1cnc2c(-c3cccnc3)nc(Cl)nc21. The molecule has 0 radical (unpaired) electrons. The van der Waals surface area contributed by atoms with Gasteiger partial charge in [-0.05, 0) is 30.7 Å². The zero-order chi connectivity index (χ0) is 12.5. The van der Waals surface area contributed by atoms with Crippen molar-refractivity contribution in [3.05, 3.63) is 36.1 Å². The van der Waals surface area contributed by atoms with Crippen molar-refractivity contribution in [1.82, 2.24) is 24.5 Å². The van der Waals surface area contributed by atoms with Crippen LogP contribution in [-0.4, -0.2) is 24.5 Å². The van der Waals surface area contributed by atoms with E-state index in [0.29, 0.717) is 5.69 Å². The van der Waals surface area contributed by atoms with Gasteiger partial charge in [-0.3, -0.25) is 4.98 Å². The first kappa shape index (κ1) is 11.1. The largest absolute Gasteiger partial charge is 0.315 e. The Morgan fingerprint density at radius 3 is 2.94 bits per heavy atom. The molecule has 3 aromatic heterocycles. The van der Waals surface area contributed by atoms with Crippen molar-refractivity contribution >= 4 is 22.8 Å². The van der Waals surface area contributed by atoms with Gasteiger partial charge in [0.25, 0.3) is 0 Å². The van der Waals surface area contributed by atoms with Crippen LogP contribution in [0.25, 0.3) is 22.4 Å². The van der Waals surface area contributed by atoms with E-state index in [1.165, 1.54) is 0 Å². The second-order valence-corrected chi connectivity index (χ2v) is 4.12. The Balaban J connectivity index is 2.32. The highest BCUT2D eigenvalue weighted by Gasteiger charge is 2.13. The third-order valence-electron chi connectivity index (χ3n) is 2.71. The van der Waals surface area contributed by atoms with E-state index in [-0.39, 0.29) is 5.28 Å². The minimum Gasteiger partial charge on any atom is -0.315 e. The lowest BCUT2D eigenvalue weighted by molar-refractivity contribution is 0.777. The molecule has 3 rings (SSSR count). The first-order chi connectivity index (χ1) is 8.79. The fourth-order valence-electron chi connectivity index (χ4n) is 1.85. The van der Waals surface area contributed by atoms with E-state index < -0.39 is 0 Å². The van der Waals surface area contributed by atoms with Gasteiger partial charge < -0.3 is 4.57 Å². The van der Waals surface area contributed by atoms with Crippen molar-refractivity contribution in [1.29, 1.82) is 0 Å². The molecule has 0 saturated carbocycles. The predicted molar refractivity (Wildman–Crippen MR) is 69.2 cm³/mol. The Kier molecular flexibility index (Phi) is 2.68. The van der Waals surface area contributed by atoms with Gasteiger partial charge in [-0.2, -0.15) is 4.98 Å². The molecule has 3 aromatic rings. The molecule has 0 unspecified atom stereocenters. The van der Waals surface area contributed by atoms with Crippen LogP contribution in [0.15, 0.2) is 30.9 Å². The summed E-state index contributed by atoms with van der Waals surface area (Å²) in [4.78, 5) is 16.9. The van der Waals surface area contributed by atoms with Gasteiger partial charge in [0.15, 0.2) is 5.65 Å². The molecule has 3 heterocycles. The lowest BCUT2D eigenvalue weighted by Gasteiger charge is -2.03. The predicted octanol–water partition coefficient (Wildman–Crippen LogP) is 2.56. The lowest BCUT2D eigenvalue weighted by Crippen LogP contribution is -1.96. The molecule has 6 heteroatoms. The van der Waals surface area contributed by atoms with E-state index in [1.807, 2.05) is 23.6 Å². The van der Waals surface area contributed by atoms with Crippen LogP contribution in [0.2, 0.25) is 5.28 Å². The van der Waals surface area contributed by atoms with E-state index in [9.17, 15) is 0 Å². The fraction of sp³-hybridized carbons (Fsp3) is 0.167. The number of imidazole rings is 1. The fourth-order valence-corrected chi connectivity index (χ4v) is 2.02. The van der Waals surface area contributed by atoms with Crippen molar-refractivity contribution in [3.8, 4) is 11.3 Å². The van der Waals surface area contributed by atoms with Crippen LogP contribution >= 0.6 is 11.6 Å². The number of nitrogens with zero attached hydrogens (tertiary/aromatic N) is 5. The normalized spacial score (nSPS) is 11.0. The molecule has 5 nitrogen and oxygen atoms in total. The van der Waals surface area contributed by atoms with E-state index in [0.717, 1.165) is 23.3 Å². The highest BCUT2D eigenvalue weighted by molar-refractivity contribution is 6.28. The van der Waals surface area contributed by atoms with Gasteiger partial charge >= 0.3 is 0 Å². The molecule has 18 heavy (non-hydrogen) atoms. The first-order valence-electron chi connectivity index (χ1n) is 5.58. The van der Waals surface area contributed by atoms with Gasteiger partial charge in [0, 0.05) is 24.5 Å². The number of aryl methyl sites for hydroxylation is 1. The summed E-state index contributed by atoms with van der Waals surface area (Å²) < 4.78 is 1.93. The second kappa shape index (κ2) is 4.34. The van der Waals surface area contributed by atoms with E-state index in [4.69, 9.17) is 11.6 Å². The molecule has 90 valence electrons. The number of aromatic nitrogens is 5. The Labute approximate surface area is 109 Å². The summed E-state index contributed by atoms with van der Waals surface area (Å²) in [5.41, 5.74) is 3.09. The third-order valence-corrected chi connectivity index (χ3v) is 2.88. The number of hydrogen-bond acceptors (Lipinski definition) is 4. The summed E-state index contributed by atoms with van der Waals surface area (Å²) in [5, 5.41) is 0.219. The summed E-state index contributed by atoms with van der Waals surface area (Å²) in [5.74, 6) is 0. The van der Waals surface area contributed by atoms with Crippen molar-refractivity contribution in [3.63, 3.8) is 0 Å². The van der Waals surface area contributed by atoms with Gasteiger partial charge in [-0.1, -0.05) is 0 Å². The van der Waals surface area contributed by atoms with Crippen LogP contribution in [0, 0.1) is 0 Å². The van der Waals surface area contributed by atoms with E-state index in [2.05, 4.69) is 19.9 Å². The van der Waals surface area contributed by atoms with Crippen LogP contribution in [0.5, 0.6) is 0 Å². The summed E-state index contributed by atoms with van der Waals surface area (Å²) in [6, 6.07) is 3.78. The quantitative estimate of drug-likeness (QED) is 0.664. The van der Waals surface area contributed by atoms with Crippen molar-refractivity contribution < 1.29 is 0 Å². The van der Waals surface area contributed by atoms with Gasteiger partial charge in [-0.25, -0.2) is 9.97 Å². The third kappa shape index (κ3) is 1.73. The summed E-state index contributed by atoms with van der Waals surface area (Å²) in [7, 11) is 0. The summed E-state index contributed by atoms with van der Waals surface area (Å²) in [6.07, 6.45) is 5.20. The number of fused-ring (bicyclic) bond motifs is 1. The average Bonchev–Trinajstić information content (AvgIpc) is 2.81. The van der Waals surface area contributed by atoms with E-state index >= 15 is 0 Å². The lowest BCUT2D eigenvalue weighted by atomic mass is 10.2. The standard InChI is InChI=1S/C12H10ClN5/c1-2-18-7-15-10-9(8-4-3-5-14-6-8)16-12(13)17-11(10)18/h3-7H,2H2,1H3. The van der Waals surface area contributed by atoms with Crippen LogP contribution in [-0.2, 0) is 6.54 Å². The maximum Gasteiger partial charge on any atom is 0.225 e. The van der Waals surface area contributed by atoms with Crippen LogP contribution < -0.4 is 0 Å². The molecule has 0 bridgehead atoms. The number of hydrogen-bond donors (Lipinski definition) is 0. The minimum atomic E-state index is 0.219. The minimum absolute atomic E-state index is 0.219. The van der Waals surface area contributed by atoms with Crippen molar-refractivity contribution in [2.75, 3.05) is 0 Å². The molecule has 0 atom stereocenters. The molecular formula is C12H10ClN5. The van der Waals surface area contributed by atoms with Crippen LogP contribution in [0.4, 0.5) is 0 Å². The molecule has 0 aliphatic heterocycles. The average molecular weight is 260 g/mol. The highest BCUT2D eigenvalue weighted by Crippen LogP contribution is 2.25. The van der Waals surface area contributed by atoms with Crippen molar-refractivity contribution in [2.24, 2.45) is 0 Å². The molecule has 0 aliphatic rings. The monoisotopic (exact) mass is 259 g/mol. The first-order valence-corrected chi connectivity index (χ1v) is 5.96. The molecule has 0 spiro atoms. The maximum atomic E-state index is 5.98. The second-order valence-electron chi connectivity index (χ2n) is 3.79. The Morgan fingerprint density at radius 1 is 1.33 bits per heavy atom. The number of rotatable bonds is 2. The molecule has 0 amide bonds. The van der Waals surface area contributed by atoms with Crippen LogP contribution in [0.3, 0.4) is 0 Å². The van der Waals surface area contributed by atoms with Crippen LogP contribution in [0.1, 0.15) is 6.92 Å². The van der Waals surface area contributed by atoms with Gasteiger partial charge in [0.05, 0.1) is 6.33 Å². The van der Waals surface area contributed by atoms with Gasteiger partial charge in [0.1, 0.15) is 11.2 Å². The van der Waals surface area contributed by atoms with Gasteiger partial charge in [-0.15, -0.1) is 0 Å². The summed E-state index contributed by atoms with van der Waals surface area (Å²) in [6.45, 7) is 2.82. The van der Waals surface area contributed by atoms with E-state index in [1.54, 1.807) is 18.7 Å². The Bertz CT molecular complexity index is 692. The van der Waals surface area contributed by atoms with Gasteiger partial charge in [0.2, 0.25) is 5.28 Å². The molecule has 0 aromatic carbocycles. The zero-order valence-corrected chi connectivity index (χ0v) is 10.5. The molecule has 0 saturated heterocycles. The molecule has 0 aliphatic carbocycles. The topological polar surface area (TPSA) is 56.5 Å². The molecule has 0 N–H and O–H groups in total. The maximum absolute atomic E-state index is 5.98. The highest BCUT2D eigenvalue weighted by atomic mass is 35.5. The number of halogens is 1. The molecule has 0 fully saturated rings. The zero-order valence-electron chi connectivity index (χ0n) is 9.71. The Morgan fingerprint density at radius 2 is 2.22 bits per heavy atom. The number of pyridine rings is 1. The smallest absolute Gasteiger partial charge is 0.225 e. The van der Waals surface area contributed by atoms with Crippen molar-refractivity contribution in [2.45, 2.75) is 13.5 Å². The summed E-state index contributed by atoms with van der Waals surface area (Å²) >= 11 is 5.98. The Hall–Kier alpha value is -2.01. The molecular weight excluding hydrogens is 250 g/mol.